The van der Waals surface area contributed by atoms with Gasteiger partial charge in [-0.2, -0.15) is 4.99 Å². The maximum atomic E-state index is 12.5. The summed E-state index contributed by atoms with van der Waals surface area (Å²) in [6.45, 7) is 7.66. The average Bonchev–Trinajstić information content (AvgIpc) is 3.04. The SMILES string of the molecule is CCOCCn1c(=NC(=O)CSCC(=O)N2CCCC(C)C2)sc2cc(Br)ccc21. The Hall–Kier alpha value is -1.16. The average molecular weight is 515 g/mol. The molecule has 2 heterocycles. The topological polar surface area (TPSA) is 63.9 Å². The molecule has 164 valence electrons. The van der Waals surface area contributed by atoms with Gasteiger partial charge in [0.1, 0.15) is 0 Å². The molecule has 1 aromatic carbocycles. The second-order valence-corrected chi connectivity index (χ2v) is 10.3. The van der Waals surface area contributed by atoms with Crippen LogP contribution in [0.1, 0.15) is 26.7 Å². The van der Waals surface area contributed by atoms with Crippen LogP contribution >= 0.6 is 39.0 Å². The van der Waals surface area contributed by atoms with Gasteiger partial charge in [-0.25, -0.2) is 0 Å². The van der Waals surface area contributed by atoms with Crippen LogP contribution in [-0.2, 0) is 20.9 Å². The summed E-state index contributed by atoms with van der Waals surface area (Å²) in [5.74, 6) is 1.01. The Bertz CT molecular complexity index is 957. The molecule has 1 atom stereocenters. The van der Waals surface area contributed by atoms with E-state index in [1.807, 2.05) is 34.6 Å². The van der Waals surface area contributed by atoms with Gasteiger partial charge in [0, 0.05) is 30.7 Å². The summed E-state index contributed by atoms with van der Waals surface area (Å²) in [6.07, 6.45) is 2.25. The molecule has 1 saturated heterocycles. The van der Waals surface area contributed by atoms with Gasteiger partial charge < -0.3 is 14.2 Å². The van der Waals surface area contributed by atoms with Crippen molar-refractivity contribution in [2.75, 3.05) is 37.8 Å². The van der Waals surface area contributed by atoms with Crippen molar-refractivity contribution in [2.45, 2.75) is 33.2 Å². The summed E-state index contributed by atoms with van der Waals surface area (Å²) in [4.78, 5) is 31.8. The molecule has 9 heteroatoms. The van der Waals surface area contributed by atoms with Crippen LogP contribution in [0.4, 0.5) is 0 Å². The number of aromatic nitrogens is 1. The van der Waals surface area contributed by atoms with Gasteiger partial charge in [-0.15, -0.1) is 11.8 Å². The molecule has 0 radical (unpaired) electrons. The summed E-state index contributed by atoms with van der Waals surface area (Å²) >= 11 is 6.34. The van der Waals surface area contributed by atoms with E-state index < -0.39 is 0 Å². The fourth-order valence-corrected chi connectivity index (χ4v) is 5.84. The molecular formula is C21H28BrN3O3S2. The van der Waals surface area contributed by atoms with Crippen molar-refractivity contribution in [3.63, 3.8) is 0 Å². The largest absolute Gasteiger partial charge is 0.380 e. The zero-order valence-electron chi connectivity index (χ0n) is 17.4. The molecule has 6 nitrogen and oxygen atoms in total. The minimum atomic E-state index is -0.212. The summed E-state index contributed by atoms with van der Waals surface area (Å²) in [6, 6.07) is 6.05. The molecule has 1 aliphatic heterocycles. The molecule has 0 aliphatic carbocycles. The van der Waals surface area contributed by atoms with E-state index in [0.29, 0.717) is 36.2 Å². The predicted octanol–water partition coefficient (Wildman–Crippen LogP) is 3.92. The monoisotopic (exact) mass is 513 g/mol. The lowest BCUT2D eigenvalue weighted by molar-refractivity contribution is -0.130. The lowest BCUT2D eigenvalue weighted by Crippen LogP contribution is -2.40. The first-order chi connectivity index (χ1) is 14.5. The fourth-order valence-electron chi connectivity index (χ4n) is 3.52. The number of halogens is 1. The highest BCUT2D eigenvalue weighted by Crippen LogP contribution is 2.22. The molecule has 2 aromatic rings. The number of carbonyl (C=O) groups excluding carboxylic acids is 2. The molecular weight excluding hydrogens is 486 g/mol. The standard InChI is InChI=1S/C21H28BrN3O3S2/c1-3-28-10-9-25-17-7-6-16(22)11-18(17)30-21(25)23-19(26)13-29-14-20(27)24-8-4-5-15(2)12-24/h6-7,11,15H,3-5,8-10,12-14H2,1-2H3. The highest BCUT2D eigenvalue weighted by Gasteiger charge is 2.20. The Morgan fingerprint density at radius 1 is 1.37 bits per heavy atom. The van der Waals surface area contributed by atoms with Gasteiger partial charge in [0.15, 0.2) is 4.80 Å². The van der Waals surface area contributed by atoms with Crippen LogP contribution < -0.4 is 4.80 Å². The number of piperidine rings is 1. The van der Waals surface area contributed by atoms with Crippen molar-refractivity contribution in [3.05, 3.63) is 27.5 Å². The Balaban J connectivity index is 1.65. The molecule has 0 spiro atoms. The zero-order chi connectivity index (χ0) is 21.5. The second kappa shape index (κ2) is 11.5. The van der Waals surface area contributed by atoms with Crippen LogP contribution in [0.3, 0.4) is 0 Å². The Morgan fingerprint density at radius 3 is 2.97 bits per heavy atom. The number of thioether (sulfide) groups is 1. The third-order valence-corrected chi connectivity index (χ3v) is 7.43. The zero-order valence-corrected chi connectivity index (χ0v) is 20.7. The number of benzene rings is 1. The van der Waals surface area contributed by atoms with Crippen molar-refractivity contribution < 1.29 is 14.3 Å². The Kier molecular flexibility index (Phi) is 8.98. The van der Waals surface area contributed by atoms with Crippen molar-refractivity contribution in [3.8, 4) is 0 Å². The first kappa shape index (κ1) is 23.5. The number of rotatable bonds is 8. The maximum Gasteiger partial charge on any atom is 0.258 e. The van der Waals surface area contributed by atoms with E-state index >= 15 is 0 Å². The number of likely N-dealkylation sites (tertiary alicyclic amines) is 1. The molecule has 2 amide bonds. The van der Waals surface area contributed by atoms with Crippen LogP contribution in [0.5, 0.6) is 0 Å². The van der Waals surface area contributed by atoms with Crippen LogP contribution in [0, 0.1) is 5.92 Å². The van der Waals surface area contributed by atoms with Crippen LogP contribution in [-0.4, -0.2) is 59.1 Å². The Morgan fingerprint density at radius 2 is 2.20 bits per heavy atom. The molecule has 1 aliphatic rings. The van der Waals surface area contributed by atoms with E-state index in [0.717, 1.165) is 34.2 Å². The molecule has 1 aromatic heterocycles. The molecule has 3 rings (SSSR count). The summed E-state index contributed by atoms with van der Waals surface area (Å²) in [5, 5.41) is 0. The van der Waals surface area contributed by atoms with E-state index in [9.17, 15) is 9.59 Å². The summed E-state index contributed by atoms with van der Waals surface area (Å²) in [5.41, 5.74) is 1.04. The summed E-state index contributed by atoms with van der Waals surface area (Å²) in [7, 11) is 0. The van der Waals surface area contributed by atoms with Gasteiger partial charge in [0.25, 0.3) is 5.91 Å². The second-order valence-electron chi connectivity index (χ2n) is 7.43. The molecule has 0 saturated carbocycles. The van der Waals surface area contributed by atoms with Crippen LogP contribution in [0.15, 0.2) is 27.7 Å². The van der Waals surface area contributed by atoms with E-state index in [4.69, 9.17) is 4.74 Å². The van der Waals surface area contributed by atoms with Gasteiger partial charge in [-0.1, -0.05) is 34.2 Å². The third kappa shape index (κ3) is 6.42. The first-order valence-electron chi connectivity index (χ1n) is 10.3. The number of nitrogens with zero attached hydrogens (tertiary/aromatic N) is 3. The highest BCUT2D eigenvalue weighted by atomic mass is 79.9. The predicted molar refractivity (Wildman–Crippen MR) is 127 cm³/mol. The Labute approximate surface area is 193 Å². The van der Waals surface area contributed by atoms with Gasteiger partial charge in [-0.3, -0.25) is 9.59 Å². The summed E-state index contributed by atoms with van der Waals surface area (Å²) < 4.78 is 9.59. The van der Waals surface area contributed by atoms with E-state index in [2.05, 4.69) is 27.8 Å². The number of hydrogen-bond donors (Lipinski definition) is 0. The first-order valence-corrected chi connectivity index (χ1v) is 13.0. The third-order valence-electron chi connectivity index (χ3n) is 4.99. The van der Waals surface area contributed by atoms with E-state index in [1.54, 1.807) is 0 Å². The molecule has 1 unspecified atom stereocenters. The number of fused-ring (bicyclic) bond motifs is 1. The molecule has 0 bridgehead atoms. The van der Waals surface area contributed by atoms with Gasteiger partial charge >= 0.3 is 0 Å². The molecule has 1 fully saturated rings. The van der Waals surface area contributed by atoms with Crippen LogP contribution in [0.2, 0.25) is 0 Å². The fraction of sp³-hybridized carbons (Fsp3) is 0.571. The number of amides is 2. The number of ether oxygens (including phenoxy) is 1. The lowest BCUT2D eigenvalue weighted by atomic mass is 10.0. The van der Waals surface area contributed by atoms with Gasteiger partial charge in [-0.05, 0) is 43.9 Å². The molecule has 0 N–H and O–H groups in total. The maximum absolute atomic E-state index is 12.5. The smallest absolute Gasteiger partial charge is 0.258 e. The highest BCUT2D eigenvalue weighted by molar-refractivity contribution is 9.10. The quantitative estimate of drug-likeness (QED) is 0.501. The van der Waals surface area contributed by atoms with Gasteiger partial charge in [0.2, 0.25) is 5.91 Å². The van der Waals surface area contributed by atoms with Crippen molar-refractivity contribution in [1.82, 2.24) is 9.47 Å². The van der Waals surface area contributed by atoms with Crippen LogP contribution in [0.25, 0.3) is 10.2 Å². The van der Waals surface area contributed by atoms with Crippen molar-refractivity contribution in [2.24, 2.45) is 10.9 Å². The minimum Gasteiger partial charge on any atom is -0.380 e. The number of carbonyl (C=O) groups is 2. The van der Waals surface area contributed by atoms with Crippen molar-refractivity contribution >= 4 is 61.1 Å². The van der Waals surface area contributed by atoms with E-state index in [-0.39, 0.29) is 17.6 Å². The number of hydrogen-bond acceptors (Lipinski definition) is 5. The molecule has 30 heavy (non-hydrogen) atoms. The normalized spacial score (nSPS) is 17.6. The number of thiazole rings is 1. The van der Waals surface area contributed by atoms with Crippen molar-refractivity contribution in [1.29, 1.82) is 0 Å². The van der Waals surface area contributed by atoms with E-state index in [1.165, 1.54) is 29.5 Å². The minimum absolute atomic E-state index is 0.123. The lowest BCUT2D eigenvalue weighted by Gasteiger charge is -2.30. The van der Waals surface area contributed by atoms with Gasteiger partial charge in [0.05, 0.1) is 28.3 Å².